The normalized spacial score (nSPS) is 51.0. The molecule has 4 heterocycles. The number of hydrogen-bond acceptors (Lipinski definition) is 14. The standard InChI is InChI=1S/C40H74N2O12/c1-16-27-40(12,47)34-22(4)29(41-37(8,9)54-34)20(2)18-38(10,46)33(53-36-30(43)26(42(13)14)17-21(3)49-36)23(5)31(24(6)35(45)51-27)52-28-19-39(11,48-15)32(44)25(7)50-28/h20-34,36,41,43-44,46-47H,16-19H2,1-15H3/t20-,21-,22+,23+,24-,25+,26+,27-,28+,29+,30-,31+,32+,33-,34-,36+,38-,39-,40-/m1/s1. The number of methoxy groups -OCH3 is 1. The summed E-state index contributed by atoms with van der Waals surface area (Å²) >= 11 is 0. The van der Waals surface area contributed by atoms with Crippen LogP contribution in [-0.4, -0.2) is 149 Å². The van der Waals surface area contributed by atoms with Crippen molar-refractivity contribution in [3.8, 4) is 0 Å². The van der Waals surface area contributed by atoms with Gasteiger partial charge in [0.1, 0.15) is 29.6 Å². The molecule has 0 aromatic heterocycles. The lowest BCUT2D eigenvalue weighted by atomic mass is 9.71. The molecule has 0 amide bonds. The van der Waals surface area contributed by atoms with Gasteiger partial charge in [-0.25, -0.2) is 0 Å². The van der Waals surface area contributed by atoms with Crippen molar-refractivity contribution in [1.82, 2.24) is 10.2 Å². The van der Waals surface area contributed by atoms with Gasteiger partial charge in [-0.05, 0) is 94.7 Å². The van der Waals surface area contributed by atoms with E-state index in [4.69, 9.17) is 33.2 Å². The number of cyclic esters (lactones) is 1. The lowest BCUT2D eigenvalue weighted by Gasteiger charge is -2.54. The first-order valence-electron chi connectivity index (χ1n) is 20.1. The number of rotatable bonds is 7. The summed E-state index contributed by atoms with van der Waals surface area (Å²) in [5.74, 6) is -2.76. The van der Waals surface area contributed by atoms with E-state index in [1.165, 1.54) is 7.11 Å². The number of aliphatic hydroxyl groups is 4. The van der Waals surface area contributed by atoms with Gasteiger partial charge in [0.05, 0.1) is 47.6 Å². The van der Waals surface area contributed by atoms with Crippen molar-refractivity contribution < 1.29 is 58.4 Å². The Morgan fingerprint density at radius 3 is 2.13 bits per heavy atom. The zero-order chi connectivity index (χ0) is 40.9. The third kappa shape index (κ3) is 9.47. The number of hydrogen-bond donors (Lipinski definition) is 5. The Balaban J connectivity index is 1.86. The van der Waals surface area contributed by atoms with Crippen molar-refractivity contribution in [1.29, 1.82) is 0 Å². The van der Waals surface area contributed by atoms with E-state index in [0.717, 1.165) is 0 Å². The van der Waals surface area contributed by atoms with E-state index < -0.39 is 95.6 Å². The van der Waals surface area contributed by atoms with Crippen molar-refractivity contribution in [2.75, 3.05) is 21.2 Å². The van der Waals surface area contributed by atoms with Crippen molar-refractivity contribution in [2.24, 2.45) is 23.7 Å². The predicted molar refractivity (Wildman–Crippen MR) is 201 cm³/mol. The summed E-state index contributed by atoms with van der Waals surface area (Å²) in [7, 11) is 5.32. The largest absolute Gasteiger partial charge is 0.459 e. The summed E-state index contributed by atoms with van der Waals surface area (Å²) < 4.78 is 44.5. The van der Waals surface area contributed by atoms with Crippen LogP contribution >= 0.6 is 0 Å². The average molecular weight is 775 g/mol. The van der Waals surface area contributed by atoms with Gasteiger partial charge in [0, 0.05) is 37.5 Å². The molecule has 2 bridgehead atoms. The van der Waals surface area contributed by atoms with Crippen LogP contribution in [0.1, 0.15) is 109 Å². The van der Waals surface area contributed by atoms with Crippen LogP contribution < -0.4 is 5.32 Å². The van der Waals surface area contributed by atoms with Crippen molar-refractivity contribution >= 4 is 5.97 Å². The second-order valence-corrected chi connectivity index (χ2v) is 18.5. The summed E-state index contributed by atoms with van der Waals surface area (Å²) in [5, 5.41) is 51.2. The van der Waals surface area contributed by atoms with E-state index in [9.17, 15) is 25.2 Å². The summed E-state index contributed by atoms with van der Waals surface area (Å²) in [4.78, 5) is 16.3. The SMILES string of the molecule is CC[C@H]1OC(=O)[C@H](C)[C@@H](O[C@H]2C[C@@](C)(OC)[C@@H](O)[C@H](C)O2)[C@H](C)[C@@H](O[C@@H]2O[C@H](C)C[C@H](N(C)C)[C@H]2O)[C@](C)(O)C[C@@H](C)[C@@H]2NC(C)(C)O[C@H]([C@H]2C)[C@]1(C)O. The highest BCUT2D eigenvalue weighted by atomic mass is 16.7. The van der Waals surface area contributed by atoms with Crippen molar-refractivity contribution in [3.05, 3.63) is 0 Å². The van der Waals surface area contributed by atoms with Crippen LogP contribution in [0.3, 0.4) is 0 Å². The fourth-order valence-electron chi connectivity index (χ4n) is 9.84. The van der Waals surface area contributed by atoms with E-state index in [1.54, 1.807) is 34.6 Å². The lowest BCUT2D eigenvalue weighted by Crippen LogP contribution is -2.69. The molecule has 4 fully saturated rings. The molecule has 0 saturated carbocycles. The molecule has 0 aliphatic carbocycles. The molecule has 316 valence electrons. The van der Waals surface area contributed by atoms with Gasteiger partial charge in [0.15, 0.2) is 12.6 Å². The Kier molecular flexibility index (Phi) is 14.4. The zero-order valence-electron chi connectivity index (χ0n) is 35.6. The van der Waals surface area contributed by atoms with Crippen molar-refractivity contribution in [2.45, 2.75) is 205 Å². The Morgan fingerprint density at radius 1 is 0.926 bits per heavy atom. The molecule has 4 saturated heterocycles. The van der Waals surface area contributed by atoms with Crippen LogP contribution in [0.15, 0.2) is 0 Å². The molecule has 14 nitrogen and oxygen atoms in total. The third-order valence-electron chi connectivity index (χ3n) is 13.0. The number of likely N-dealkylation sites (N-methyl/N-ethyl adjacent to an activating group) is 1. The third-order valence-corrected chi connectivity index (χ3v) is 13.0. The van der Waals surface area contributed by atoms with Crippen LogP contribution in [0, 0.1) is 23.7 Å². The minimum atomic E-state index is -1.58. The maximum Gasteiger partial charge on any atom is 0.311 e. The molecule has 4 aliphatic rings. The lowest BCUT2D eigenvalue weighted by molar-refractivity contribution is -0.319. The van der Waals surface area contributed by atoms with Gasteiger partial charge >= 0.3 is 5.97 Å². The minimum absolute atomic E-state index is 0.151. The zero-order valence-corrected chi connectivity index (χ0v) is 35.6. The number of aliphatic hydroxyl groups excluding tert-OH is 2. The Morgan fingerprint density at radius 2 is 1.56 bits per heavy atom. The van der Waals surface area contributed by atoms with Gasteiger partial charge in [-0.2, -0.15) is 0 Å². The molecule has 5 N–H and O–H groups in total. The fraction of sp³-hybridized carbons (Fsp3) is 0.975. The molecule has 4 aliphatic heterocycles. The van der Waals surface area contributed by atoms with E-state index in [0.29, 0.717) is 12.8 Å². The van der Waals surface area contributed by atoms with Gasteiger partial charge in [0.2, 0.25) is 0 Å². The van der Waals surface area contributed by atoms with E-state index in [1.807, 2.05) is 60.5 Å². The van der Waals surface area contributed by atoms with Crippen LogP contribution in [0.25, 0.3) is 0 Å². The maximum atomic E-state index is 14.4. The van der Waals surface area contributed by atoms with Crippen molar-refractivity contribution in [3.63, 3.8) is 0 Å². The van der Waals surface area contributed by atoms with Crippen LogP contribution in [-0.2, 0) is 38.0 Å². The fourth-order valence-corrected chi connectivity index (χ4v) is 9.84. The highest BCUT2D eigenvalue weighted by molar-refractivity contribution is 5.73. The molecule has 0 aromatic rings. The first-order valence-corrected chi connectivity index (χ1v) is 20.1. The molecule has 54 heavy (non-hydrogen) atoms. The molecule has 0 unspecified atom stereocenters. The molecule has 0 spiro atoms. The van der Waals surface area contributed by atoms with E-state index >= 15 is 0 Å². The molecular weight excluding hydrogens is 700 g/mol. The number of carbonyl (C=O) groups excluding carboxylic acids is 1. The number of nitrogens with zero attached hydrogens (tertiary/aromatic N) is 1. The first-order chi connectivity index (χ1) is 24.8. The Labute approximate surface area is 323 Å². The number of carbonyl (C=O) groups is 1. The molecule has 19 atom stereocenters. The van der Waals surface area contributed by atoms with Gasteiger partial charge < -0.3 is 58.5 Å². The first kappa shape index (κ1) is 45.7. The summed E-state index contributed by atoms with van der Waals surface area (Å²) in [5.41, 5.74) is -5.00. The number of esters is 1. The second kappa shape index (κ2) is 17.1. The summed E-state index contributed by atoms with van der Waals surface area (Å²) in [6, 6.07) is -0.502. The van der Waals surface area contributed by atoms with E-state index in [2.05, 4.69) is 12.2 Å². The smallest absolute Gasteiger partial charge is 0.311 e. The molecule has 0 aromatic carbocycles. The predicted octanol–water partition coefficient (Wildman–Crippen LogP) is 2.95. The Hall–Kier alpha value is -1.01. The summed E-state index contributed by atoms with van der Waals surface area (Å²) in [6.07, 6.45) is -7.28. The van der Waals surface area contributed by atoms with Gasteiger partial charge in [-0.1, -0.05) is 27.7 Å². The van der Waals surface area contributed by atoms with E-state index in [-0.39, 0.29) is 42.9 Å². The number of ether oxygens (including phenoxy) is 7. The summed E-state index contributed by atoms with van der Waals surface area (Å²) in [6.45, 7) is 22.1. The van der Waals surface area contributed by atoms with Crippen LogP contribution in [0.4, 0.5) is 0 Å². The van der Waals surface area contributed by atoms with Crippen LogP contribution in [0.5, 0.6) is 0 Å². The number of fused-ring (bicyclic) bond motifs is 2. The number of nitrogens with one attached hydrogen (secondary N) is 1. The highest BCUT2D eigenvalue weighted by Gasteiger charge is 2.56. The van der Waals surface area contributed by atoms with Crippen LogP contribution in [0.2, 0.25) is 0 Å². The second-order valence-electron chi connectivity index (χ2n) is 18.5. The Bertz CT molecular complexity index is 1250. The monoisotopic (exact) mass is 775 g/mol. The quantitative estimate of drug-likeness (QED) is 0.239. The van der Waals surface area contributed by atoms with Gasteiger partial charge in [0.25, 0.3) is 0 Å². The van der Waals surface area contributed by atoms with Gasteiger partial charge in [-0.3, -0.25) is 10.1 Å². The topological polar surface area (TPSA) is 178 Å². The molecule has 0 radical (unpaired) electrons. The molecular formula is C40H74N2O12. The average Bonchev–Trinajstić information content (AvgIpc) is 3.07. The van der Waals surface area contributed by atoms with Gasteiger partial charge in [-0.15, -0.1) is 0 Å². The molecule has 4 rings (SSSR count). The maximum absolute atomic E-state index is 14.4. The highest BCUT2D eigenvalue weighted by Crippen LogP contribution is 2.43. The molecule has 14 heteroatoms. The minimum Gasteiger partial charge on any atom is -0.459 e.